The lowest BCUT2D eigenvalue weighted by molar-refractivity contribution is -0.123. The molecule has 2 aromatic carbocycles. The van der Waals surface area contributed by atoms with Gasteiger partial charge in [-0.1, -0.05) is 57.2 Å². The predicted molar refractivity (Wildman–Crippen MR) is 117 cm³/mol. The van der Waals surface area contributed by atoms with Gasteiger partial charge in [0, 0.05) is 0 Å². The first-order valence-electron chi connectivity index (χ1n) is 10.2. The molecular formula is C23H27N5O3. The molecule has 0 saturated carbocycles. The number of aryl methyl sites for hydroxylation is 2. The van der Waals surface area contributed by atoms with Gasteiger partial charge in [-0.05, 0) is 42.5 Å². The minimum atomic E-state index is -0.605. The first kappa shape index (κ1) is 22.0. The highest BCUT2D eigenvalue weighted by Crippen LogP contribution is 2.23. The summed E-state index contributed by atoms with van der Waals surface area (Å²) in [6, 6.07) is 15.4. The van der Waals surface area contributed by atoms with Crippen molar-refractivity contribution in [3.8, 4) is 11.4 Å². The van der Waals surface area contributed by atoms with Crippen LogP contribution in [0.5, 0.6) is 5.75 Å². The molecule has 1 heterocycles. The van der Waals surface area contributed by atoms with Crippen LogP contribution in [-0.2, 0) is 11.2 Å². The summed E-state index contributed by atoms with van der Waals surface area (Å²) in [6.45, 7) is 7.75. The van der Waals surface area contributed by atoms with Gasteiger partial charge in [0.1, 0.15) is 11.6 Å². The Morgan fingerprint density at radius 3 is 2.52 bits per heavy atom. The highest BCUT2D eigenvalue weighted by Gasteiger charge is 2.18. The van der Waals surface area contributed by atoms with Crippen LogP contribution in [0.15, 0.2) is 48.5 Å². The minimum Gasteiger partial charge on any atom is -0.483 e. The Morgan fingerprint density at radius 1 is 1.06 bits per heavy atom. The number of carbonyl (C=O) groups excluding carboxylic acids is 2. The minimum absolute atomic E-state index is 0.0337. The molecular weight excluding hydrogens is 394 g/mol. The van der Waals surface area contributed by atoms with Gasteiger partial charge < -0.3 is 4.74 Å². The number of hydrogen-bond donors (Lipinski definition) is 2. The van der Waals surface area contributed by atoms with E-state index in [9.17, 15) is 9.59 Å². The zero-order valence-corrected chi connectivity index (χ0v) is 18.2. The Hall–Kier alpha value is -3.68. The van der Waals surface area contributed by atoms with Gasteiger partial charge in [0.25, 0.3) is 5.91 Å². The quantitative estimate of drug-likeness (QED) is 0.571. The maximum Gasteiger partial charge on any atom is 0.309 e. The molecule has 0 atom stereocenters. The van der Waals surface area contributed by atoms with Crippen molar-refractivity contribution in [3.63, 3.8) is 0 Å². The smallest absolute Gasteiger partial charge is 0.309 e. The lowest BCUT2D eigenvalue weighted by Gasteiger charge is -2.12. The number of carbonyl (C=O) groups is 2. The number of nitrogens with zero attached hydrogens (tertiary/aromatic N) is 3. The van der Waals surface area contributed by atoms with Gasteiger partial charge in [0.15, 0.2) is 6.61 Å². The number of amides is 2. The van der Waals surface area contributed by atoms with Gasteiger partial charge in [0.2, 0.25) is 5.82 Å². The van der Waals surface area contributed by atoms with E-state index in [1.54, 1.807) is 17.7 Å². The third-order valence-electron chi connectivity index (χ3n) is 4.79. The number of aromatic nitrogens is 3. The van der Waals surface area contributed by atoms with E-state index in [4.69, 9.17) is 4.74 Å². The Morgan fingerprint density at radius 2 is 1.77 bits per heavy atom. The molecule has 162 valence electrons. The van der Waals surface area contributed by atoms with Crippen LogP contribution in [0.2, 0.25) is 0 Å². The summed E-state index contributed by atoms with van der Waals surface area (Å²) in [6.07, 6.45) is 0.794. The molecule has 8 nitrogen and oxygen atoms in total. The highest BCUT2D eigenvalue weighted by atomic mass is 16.5. The van der Waals surface area contributed by atoms with Crippen molar-refractivity contribution in [1.82, 2.24) is 25.6 Å². The summed E-state index contributed by atoms with van der Waals surface area (Å²) in [5.74, 6) is 0.380. The molecule has 3 aromatic rings. The molecule has 2 N–H and O–H groups in total. The largest absolute Gasteiger partial charge is 0.483 e. The van der Waals surface area contributed by atoms with Gasteiger partial charge in [-0.3, -0.25) is 20.4 Å². The van der Waals surface area contributed by atoms with Crippen LogP contribution in [0.4, 0.5) is 0 Å². The van der Waals surface area contributed by atoms with Crippen LogP contribution in [0.25, 0.3) is 5.69 Å². The average Bonchev–Trinajstić information content (AvgIpc) is 3.17. The fourth-order valence-electron chi connectivity index (χ4n) is 3.18. The first-order valence-corrected chi connectivity index (χ1v) is 10.2. The second kappa shape index (κ2) is 9.88. The van der Waals surface area contributed by atoms with Gasteiger partial charge in [-0.25, -0.2) is 9.67 Å². The Balaban J connectivity index is 1.62. The monoisotopic (exact) mass is 421 g/mol. The highest BCUT2D eigenvalue weighted by molar-refractivity contribution is 5.92. The van der Waals surface area contributed by atoms with E-state index in [1.165, 1.54) is 0 Å². The molecule has 8 heteroatoms. The van der Waals surface area contributed by atoms with Crippen LogP contribution >= 0.6 is 0 Å². The summed E-state index contributed by atoms with van der Waals surface area (Å²) in [4.78, 5) is 28.7. The average molecular weight is 422 g/mol. The molecule has 0 unspecified atom stereocenters. The van der Waals surface area contributed by atoms with Crippen LogP contribution in [-0.4, -0.2) is 33.2 Å². The van der Waals surface area contributed by atoms with Crippen molar-refractivity contribution in [1.29, 1.82) is 0 Å². The zero-order valence-electron chi connectivity index (χ0n) is 18.2. The van der Waals surface area contributed by atoms with Crippen molar-refractivity contribution in [2.75, 3.05) is 6.61 Å². The van der Waals surface area contributed by atoms with E-state index in [0.29, 0.717) is 11.6 Å². The fraction of sp³-hybridized carbons (Fsp3) is 0.304. The van der Waals surface area contributed by atoms with Crippen LogP contribution in [0.3, 0.4) is 0 Å². The van der Waals surface area contributed by atoms with Gasteiger partial charge in [0.05, 0.1) is 5.69 Å². The molecule has 0 saturated heterocycles. The van der Waals surface area contributed by atoms with E-state index in [1.807, 2.05) is 49.4 Å². The molecule has 31 heavy (non-hydrogen) atoms. The Kier molecular flexibility index (Phi) is 7.02. The van der Waals surface area contributed by atoms with Crippen molar-refractivity contribution >= 4 is 11.8 Å². The second-order valence-corrected chi connectivity index (χ2v) is 7.36. The number of para-hydroxylation sites is 2. The molecule has 0 aliphatic heterocycles. The summed E-state index contributed by atoms with van der Waals surface area (Å²) >= 11 is 0. The molecule has 0 radical (unpaired) electrons. The zero-order chi connectivity index (χ0) is 22.4. The number of ether oxygens (including phenoxy) is 1. The van der Waals surface area contributed by atoms with Crippen LogP contribution in [0, 0.1) is 6.92 Å². The van der Waals surface area contributed by atoms with Gasteiger partial charge in [-0.2, -0.15) is 0 Å². The normalized spacial score (nSPS) is 10.7. The number of hydrogen-bond acceptors (Lipinski definition) is 5. The number of hydrazine groups is 1. The van der Waals surface area contributed by atoms with Crippen molar-refractivity contribution in [2.24, 2.45) is 0 Å². The van der Waals surface area contributed by atoms with Gasteiger partial charge >= 0.3 is 5.91 Å². The third kappa shape index (κ3) is 5.28. The summed E-state index contributed by atoms with van der Waals surface area (Å²) in [7, 11) is 0. The van der Waals surface area contributed by atoms with E-state index in [2.05, 4.69) is 34.8 Å². The third-order valence-corrected chi connectivity index (χ3v) is 4.79. The number of rotatable bonds is 7. The van der Waals surface area contributed by atoms with E-state index >= 15 is 0 Å². The second-order valence-electron chi connectivity index (χ2n) is 7.36. The predicted octanol–water partition coefficient (Wildman–Crippen LogP) is 3.10. The lowest BCUT2D eigenvalue weighted by Crippen LogP contribution is -2.44. The molecule has 1 aromatic heterocycles. The van der Waals surface area contributed by atoms with E-state index < -0.39 is 11.8 Å². The topological polar surface area (TPSA) is 98.1 Å². The molecule has 0 aliphatic rings. The Labute approximate surface area is 181 Å². The van der Waals surface area contributed by atoms with Crippen LogP contribution < -0.4 is 15.6 Å². The maximum atomic E-state index is 12.4. The van der Waals surface area contributed by atoms with E-state index in [-0.39, 0.29) is 18.3 Å². The molecule has 0 fully saturated rings. The van der Waals surface area contributed by atoms with E-state index in [0.717, 1.165) is 23.2 Å². The molecule has 0 bridgehead atoms. The number of benzene rings is 2. The van der Waals surface area contributed by atoms with Crippen LogP contribution in [0.1, 0.15) is 54.3 Å². The summed E-state index contributed by atoms with van der Waals surface area (Å²) in [5.41, 5.74) is 7.64. The van der Waals surface area contributed by atoms with Crippen molar-refractivity contribution in [2.45, 2.75) is 40.0 Å². The molecule has 3 rings (SSSR count). The Bertz CT molecular complexity index is 1070. The SMILES string of the molecule is CCc1ccccc1OCC(=O)NNC(=O)c1nc(C)n(-c2ccccc2C(C)C)n1. The fourth-order valence-corrected chi connectivity index (χ4v) is 3.18. The van der Waals surface area contributed by atoms with Crippen molar-refractivity contribution in [3.05, 3.63) is 71.3 Å². The standard InChI is InChI=1S/C23H27N5O3/c1-5-17-10-6-9-13-20(17)31-14-21(29)25-26-23(30)22-24-16(4)28(27-22)19-12-8-7-11-18(19)15(2)3/h6-13,15H,5,14H2,1-4H3,(H,25,29)(H,26,30). The lowest BCUT2D eigenvalue weighted by atomic mass is 10.0. The molecule has 2 amide bonds. The summed E-state index contributed by atoms with van der Waals surface area (Å²) in [5, 5.41) is 4.33. The maximum absolute atomic E-state index is 12.4. The van der Waals surface area contributed by atoms with Crippen molar-refractivity contribution < 1.29 is 14.3 Å². The summed E-state index contributed by atoms with van der Waals surface area (Å²) < 4.78 is 7.18. The van der Waals surface area contributed by atoms with Gasteiger partial charge in [-0.15, -0.1) is 5.10 Å². The molecule has 0 spiro atoms. The first-order chi connectivity index (χ1) is 14.9. The number of nitrogens with one attached hydrogen (secondary N) is 2. The molecule has 0 aliphatic carbocycles.